The average Bonchev–Trinajstić information content (AvgIpc) is 3.09. The third-order valence-electron chi connectivity index (χ3n) is 4.51. The van der Waals surface area contributed by atoms with Crippen LogP contribution in [0.3, 0.4) is 0 Å². The summed E-state index contributed by atoms with van der Waals surface area (Å²) in [6.07, 6.45) is 2.75. The van der Waals surface area contributed by atoms with Crippen LogP contribution in [-0.4, -0.2) is 15.8 Å². The molecule has 28 heavy (non-hydrogen) atoms. The van der Waals surface area contributed by atoms with Crippen LogP contribution in [0.4, 0.5) is 24.8 Å². The molecule has 3 aromatic rings. The van der Waals surface area contributed by atoms with E-state index in [1.54, 1.807) is 6.21 Å². The molecule has 1 N–H and O–H groups in total. The maximum atomic E-state index is 13.8. The second kappa shape index (κ2) is 6.95. The predicted molar refractivity (Wildman–Crippen MR) is 99.7 cm³/mol. The number of benzene rings is 2. The molecule has 2 heterocycles. The second-order valence-corrected chi connectivity index (χ2v) is 6.55. The molecule has 0 fully saturated rings. The smallest absolute Gasteiger partial charge is 0.310 e. The van der Waals surface area contributed by atoms with Crippen LogP contribution in [0.1, 0.15) is 22.3 Å². The summed E-state index contributed by atoms with van der Waals surface area (Å²) in [4.78, 5) is 19.7. The van der Waals surface area contributed by atoms with E-state index in [9.17, 15) is 18.0 Å². The fourth-order valence-electron chi connectivity index (χ4n) is 3.06. The lowest BCUT2D eigenvalue weighted by Gasteiger charge is -2.16. The number of fused-ring (bicyclic) bond motifs is 1. The van der Waals surface area contributed by atoms with E-state index in [0.717, 1.165) is 35.0 Å². The highest BCUT2D eigenvalue weighted by molar-refractivity contribution is 5.87. The third-order valence-corrected chi connectivity index (χ3v) is 4.51. The van der Waals surface area contributed by atoms with E-state index in [2.05, 4.69) is 15.3 Å². The van der Waals surface area contributed by atoms with E-state index in [-0.39, 0.29) is 12.5 Å². The molecule has 0 saturated carbocycles. The molecule has 1 aromatic heterocycles. The van der Waals surface area contributed by atoms with E-state index in [1.807, 2.05) is 19.1 Å². The zero-order valence-corrected chi connectivity index (χ0v) is 14.8. The van der Waals surface area contributed by atoms with Gasteiger partial charge < -0.3 is 9.88 Å². The first-order chi connectivity index (χ1) is 13.4. The van der Waals surface area contributed by atoms with Crippen LogP contribution in [0.5, 0.6) is 0 Å². The summed E-state index contributed by atoms with van der Waals surface area (Å²) in [5, 5.41) is 3.04. The van der Waals surface area contributed by atoms with Gasteiger partial charge in [0.1, 0.15) is 0 Å². The van der Waals surface area contributed by atoms with Crippen molar-refractivity contribution in [1.29, 1.82) is 0 Å². The van der Waals surface area contributed by atoms with E-state index < -0.39 is 23.0 Å². The number of hydrogen-bond acceptors (Lipinski definition) is 4. The summed E-state index contributed by atoms with van der Waals surface area (Å²) in [5.41, 5.74) is 3.01. The van der Waals surface area contributed by atoms with Gasteiger partial charge in [0.25, 0.3) is 0 Å². The minimum Gasteiger partial charge on any atom is -0.325 e. The molecule has 1 aliphatic heterocycles. The molecule has 5 nitrogen and oxygen atoms in total. The summed E-state index contributed by atoms with van der Waals surface area (Å²) in [6.45, 7) is 2.50. The summed E-state index contributed by atoms with van der Waals surface area (Å²) in [7, 11) is 0. The Morgan fingerprint density at radius 3 is 2.71 bits per heavy atom. The number of nitrogens with one attached hydrogen (secondary N) is 1. The van der Waals surface area contributed by atoms with Crippen LogP contribution < -0.4 is 10.9 Å². The van der Waals surface area contributed by atoms with Gasteiger partial charge in [-0.05, 0) is 47.4 Å². The minimum absolute atomic E-state index is 0.00478. The van der Waals surface area contributed by atoms with Crippen LogP contribution in [0.2, 0.25) is 0 Å². The van der Waals surface area contributed by atoms with Crippen LogP contribution >= 0.6 is 0 Å². The predicted octanol–water partition coefficient (Wildman–Crippen LogP) is 3.69. The van der Waals surface area contributed by atoms with E-state index in [1.165, 1.54) is 10.6 Å². The Hall–Kier alpha value is -3.42. The van der Waals surface area contributed by atoms with Crippen molar-refractivity contribution in [3.8, 4) is 0 Å². The van der Waals surface area contributed by atoms with Gasteiger partial charge in [0.15, 0.2) is 11.6 Å². The molecular weight excluding hydrogens is 369 g/mol. The van der Waals surface area contributed by atoms with Crippen molar-refractivity contribution in [3.05, 3.63) is 86.6 Å². The van der Waals surface area contributed by atoms with Crippen LogP contribution in [0.15, 0.2) is 46.3 Å². The SMILES string of the molecule is Cc1cc2c(cc1Nc1nc(=O)c(F)cn1Cc1ccc(F)c(F)c1)C=NC2. The first kappa shape index (κ1) is 18.0. The van der Waals surface area contributed by atoms with Crippen molar-refractivity contribution in [3.63, 3.8) is 0 Å². The molecule has 0 unspecified atom stereocenters. The molecule has 142 valence electrons. The van der Waals surface area contributed by atoms with Gasteiger partial charge in [-0.2, -0.15) is 9.37 Å². The minimum atomic E-state index is -1.04. The summed E-state index contributed by atoms with van der Waals surface area (Å²) >= 11 is 0. The van der Waals surface area contributed by atoms with Crippen molar-refractivity contribution in [1.82, 2.24) is 9.55 Å². The zero-order chi connectivity index (χ0) is 19.8. The lowest BCUT2D eigenvalue weighted by Crippen LogP contribution is -2.20. The van der Waals surface area contributed by atoms with Crippen molar-refractivity contribution < 1.29 is 13.2 Å². The topological polar surface area (TPSA) is 59.3 Å². The lowest BCUT2D eigenvalue weighted by atomic mass is 10.0. The van der Waals surface area contributed by atoms with Gasteiger partial charge >= 0.3 is 5.56 Å². The Morgan fingerprint density at radius 2 is 1.93 bits per heavy atom. The van der Waals surface area contributed by atoms with Gasteiger partial charge in [-0.1, -0.05) is 12.1 Å². The third kappa shape index (κ3) is 3.40. The molecule has 1 aliphatic rings. The van der Waals surface area contributed by atoms with Gasteiger partial charge in [-0.25, -0.2) is 8.78 Å². The standard InChI is InChI=1S/C20H15F3N4O/c1-11-4-13-7-24-8-14(13)6-18(11)25-20-26-19(28)17(23)10-27(20)9-12-2-3-15(21)16(22)5-12/h2-6,8,10H,7,9H2,1H3,(H,25,26,28). The normalized spacial score (nSPS) is 12.3. The van der Waals surface area contributed by atoms with Crippen molar-refractivity contribution in [2.24, 2.45) is 4.99 Å². The molecule has 0 bridgehead atoms. The average molecular weight is 384 g/mol. The quantitative estimate of drug-likeness (QED) is 0.746. The van der Waals surface area contributed by atoms with Gasteiger partial charge in [0, 0.05) is 18.1 Å². The molecule has 0 aliphatic carbocycles. The molecule has 0 saturated heterocycles. The molecule has 0 radical (unpaired) electrons. The van der Waals surface area contributed by atoms with E-state index in [0.29, 0.717) is 17.8 Å². The lowest BCUT2D eigenvalue weighted by molar-refractivity contribution is 0.506. The van der Waals surface area contributed by atoms with Crippen molar-refractivity contribution in [2.45, 2.75) is 20.0 Å². The summed E-state index contributed by atoms with van der Waals surface area (Å²) in [6, 6.07) is 7.25. The Bertz CT molecular complexity index is 1170. The van der Waals surface area contributed by atoms with Gasteiger partial charge in [-0.15, -0.1) is 0 Å². The first-order valence-corrected chi connectivity index (χ1v) is 8.52. The Morgan fingerprint density at radius 1 is 1.11 bits per heavy atom. The van der Waals surface area contributed by atoms with E-state index >= 15 is 0 Å². The second-order valence-electron chi connectivity index (χ2n) is 6.55. The first-order valence-electron chi connectivity index (χ1n) is 8.52. The Balaban J connectivity index is 1.72. The summed E-state index contributed by atoms with van der Waals surface area (Å²) in [5.74, 6) is -2.92. The fraction of sp³-hybridized carbons (Fsp3) is 0.150. The number of hydrogen-bond donors (Lipinski definition) is 1. The van der Waals surface area contributed by atoms with Crippen LogP contribution in [-0.2, 0) is 13.1 Å². The molecule has 4 rings (SSSR count). The highest BCUT2D eigenvalue weighted by Crippen LogP contribution is 2.26. The van der Waals surface area contributed by atoms with Crippen molar-refractivity contribution in [2.75, 3.05) is 5.32 Å². The number of aromatic nitrogens is 2. The molecule has 0 amide bonds. The molecule has 8 heteroatoms. The fourth-order valence-corrected chi connectivity index (χ4v) is 3.06. The number of halogens is 3. The number of aliphatic imine (C=N–C) groups is 1. The monoisotopic (exact) mass is 384 g/mol. The highest BCUT2D eigenvalue weighted by Gasteiger charge is 2.14. The maximum absolute atomic E-state index is 13.8. The highest BCUT2D eigenvalue weighted by atomic mass is 19.2. The van der Waals surface area contributed by atoms with Gasteiger partial charge in [0.05, 0.1) is 13.1 Å². The molecule has 0 atom stereocenters. The largest absolute Gasteiger partial charge is 0.325 e. The number of rotatable bonds is 4. The van der Waals surface area contributed by atoms with Crippen LogP contribution in [0.25, 0.3) is 0 Å². The van der Waals surface area contributed by atoms with Crippen molar-refractivity contribution >= 4 is 17.9 Å². The Kier molecular flexibility index (Phi) is 4.46. The van der Waals surface area contributed by atoms with Crippen LogP contribution in [0, 0.1) is 24.4 Å². The molecular formula is C20H15F3N4O. The Labute approximate surface area is 158 Å². The van der Waals surface area contributed by atoms with Gasteiger partial charge in [-0.3, -0.25) is 9.79 Å². The van der Waals surface area contributed by atoms with Gasteiger partial charge in [0.2, 0.25) is 11.8 Å². The molecule has 0 spiro atoms. The van der Waals surface area contributed by atoms with E-state index in [4.69, 9.17) is 0 Å². The summed E-state index contributed by atoms with van der Waals surface area (Å²) < 4.78 is 41.8. The maximum Gasteiger partial charge on any atom is 0.310 e. The zero-order valence-electron chi connectivity index (χ0n) is 14.8. The number of anilines is 2. The number of aryl methyl sites for hydroxylation is 1. The number of nitrogens with zero attached hydrogens (tertiary/aromatic N) is 3. The molecule has 2 aromatic carbocycles.